The summed E-state index contributed by atoms with van der Waals surface area (Å²) >= 11 is 0. The molecule has 4 aliphatic rings. The van der Waals surface area contributed by atoms with E-state index >= 15 is 0 Å². The van der Waals surface area contributed by atoms with Gasteiger partial charge in [0.05, 0.1) is 54.2 Å². The molecule has 350 valence electrons. The number of rotatable bonds is 9. The summed E-state index contributed by atoms with van der Waals surface area (Å²) in [4.78, 5) is 30.3. The Labute approximate surface area is 354 Å². The second kappa shape index (κ2) is 20.2. The molecule has 7 N–H and O–H groups in total. The van der Waals surface area contributed by atoms with Crippen molar-refractivity contribution < 1.29 is 83.2 Å². The minimum Gasteiger partial charge on any atom is -0.459 e. The molecule has 0 aromatic rings. The Hall–Kier alpha value is -1.46. The lowest BCUT2D eigenvalue weighted by Gasteiger charge is -2.50. The van der Waals surface area contributed by atoms with E-state index in [4.69, 9.17) is 37.9 Å². The summed E-state index contributed by atoms with van der Waals surface area (Å²) in [6.45, 7) is 15.7. The fraction of sp³-hybridized carbons (Fsp3) is 0.952. The highest BCUT2D eigenvalue weighted by Crippen LogP contribution is 2.41. The molecule has 4 aliphatic heterocycles. The highest BCUT2D eigenvalue weighted by molar-refractivity contribution is 5.83. The molecule has 0 amide bonds. The minimum absolute atomic E-state index is 0.0395. The number of carbonyl (C=O) groups is 2. The summed E-state index contributed by atoms with van der Waals surface area (Å²) in [5.41, 5.74) is -5.07. The molecule has 60 heavy (non-hydrogen) atoms. The lowest BCUT2D eigenvalue weighted by atomic mass is 9.74. The average Bonchev–Trinajstić information content (AvgIpc) is 3.18. The molecule has 0 aromatic carbocycles. The van der Waals surface area contributed by atoms with Crippen LogP contribution < -0.4 is 0 Å². The lowest BCUT2D eigenvalue weighted by molar-refractivity contribution is -0.352. The maximum Gasteiger partial charge on any atom is 0.311 e. The van der Waals surface area contributed by atoms with E-state index in [-0.39, 0.29) is 25.9 Å². The van der Waals surface area contributed by atoms with Crippen LogP contribution in [0, 0.1) is 23.7 Å². The summed E-state index contributed by atoms with van der Waals surface area (Å²) in [6.07, 6.45) is -16.6. The average molecular weight is 866 g/mol. The zero-order valence-electron chi connectivity index (χ0n) is 37.7. The predicted molar refractivity (Wildman–Crippen MR) is 213 cm³/mol. The molecule has 18 heteroatoms. The molecule has 0 aromatic heterocycles. The van der Waals surface area contributed by atoms with Crippen molar-refractivity contribution in [3.8, 4) is 0 Å². The number of cyclic esters (lactones) is 1. The van der Waals surface area contributed by atoms with Crippen LogP contribution in [0.5, 0.6) is 0 Å². The van der Waals surface area contributed by atoms with E-state index < -0.39 is 144 Å². The van der Waals surface area contributed by atoms with Crippen LogP contribution in [0.4, 0.5) is 0 Å². The van der Waals surface area contributed by atoms with Crippen LogP contribution in [0.2, 0.25) is 0 Å². The van der Waals surface area contributed by atoms with Crippen LogP contribution >= 0.6 is 0 Å². The van der Waals surface area contributed by atoms with Crippen molar-refractivity contribution in [1.29, 1.82) is 0 Å². The number of aliphatic hydroxyl groups is 7. The number of esters is 1. The van der Waals surface area contributed by atoms with Gasteiger partial charge < -0.3 is 78.5 Å². The van der Waals surface area contributed by atoms with Crippen molar-refractivity contribution in [3.05, 3.63) is 0 Å². The van der Waals surface area contributed by atoms with Crippen LogP contribution in [0.25, 0.3) is 0 Å². The van der Waals surface area contributed by atoms with E-state index in [1.165, 1.54) is 27.9 Å². The first-order chi connectivity index (χ1) is 27.7. The third-order valence-electron chi connectivity index (χ3n) is 13.5. The highest BCUT2D eigenvalue weighted by atomic mass is 16.8. The van der Waals surface area contributed by atoms with Crippen molar-refractivity contribution in [2.45, 2.75) is 204 Å². The largest absolute Gasteiger partial charge is 0.459 e. The van der Waals surface area contributed by atoms with Gasteiger partial charge >= 0.3 is 5.97 Å². The van der Waals surface area contributed by atoms with Gasteiger partial charge in [-0.3, -0.25) is 9.59 Å². The Balaban J connectivity index is 1.87. The Kier molecular flexibility index (Phi) is 17.2. The Bertz CT molecular complexity index is 1420. The van der Waals surface area contributed by atoms with Gasteiger partial charge in [-0.15, -0.1) is 0 Å². The van der Waals surface area contributed by atoms with Crippen molar-refractivity contribution in [2.24, 2.45) is 23.7 Å². The van der Waals surface area contributed by atoms with Crippen LogP contribution in [-0.4, -0.2) is 189 Å². The van der Waals surface area contributed by atoms with E-state index in [1.807, 2.05) is 25.9 Å². The number of methoxy groups -OCH3 is 1. The van der Waals surface area contributed by atoms with Gasteiger partial charge in [0.2, 0.25) is 0 Å². The molecule has 4 fully saturated rings. The SMILES string of the molecule is CCC1OC(=O)[C@H](C)C(O[C@H]2C[C@@](C)(OC)[C@@H](O)[C@H](C)O2)[C@H](C)[C@@H](O[C@@H]2O[C@H](C)C[C@H](N(C)C)[C@H]2O[C@@H]2OC[C@@H](O)[C@H](O)[C@H]2O)[C@](C)(O)C[C@@H](C)C(=O)[C@H](C)[C@@H](O)[C@]1(C)O. The number of ketones is 1. The van der Waals surface area contributed by atoms with Gasteiger partial charge in [0.15, 0.2) is 18.9 Å². The number of hydrogen-bond acceptors (Lipinski definition) is 18. The summed E-state index contributed by atoms with van der Waals surface area (Å²) in [7, 11) is 5.11. The summed E-state index contributed by atoms with van der Waals surface area (Å²) < 4.78 is 49.9. The first-order valence-corrected chi connectivity index (χ1v) is 21.4. The second-order valence-corrected chi connectivity index (χ2v) is 18.8. The third kappa shape index (κ3) is 10.9. The molecule has 0 radical (unpaired) electrons. The van der Waals surface area contributed by atoms with Crippen LogP contribution in [0.15, 0.2) is 0 Å². The maximum atomic E-state index is 14.3. The fourth-order valence-corrected chi connectivity index (χ4v) is 9.60. The topological polar surface area (TPSA) is 253 Å². The van der Waals surface area contributed by atoms with Gasteiger partial charge in [-0.05, 0) is 74.9 Å². The number of nitrogens with zero attached hydrogens (tertiary/aromatic N) is 1. The molecule has 0 aliphatic carbocycles. The number of aliphatic hydroxyl groups excluding tert-OH is 5. The summed E-state index contributed by atoms with van der Waals surface area (Å²) in [5.74, 6) is -5.42. The van der Waals surface area contributed by atoms with Crippen LogP contribution in [-0.2, 0) is 47.5 Å². The van der Waals surface area contributed by atoms with E-state index in [2.05, 4.69) is 0 Å². The van der Waals surface area contributed by atoms with Gasteiger partial charge in [-0.25, -0.2) is 0 Å². The smallest absolute Gasteiger partial charge is 0.311 e. The molecule has 2 unspecified atom stereocenters. The van der Waals surface area contributed by atoms with Gasteiger partial charge in [0.25, 0.3) is 0 Å². The third-order valence-corrected chi connectivity index (χ3v) is 13.5. The van der Waals surface area contributed by atoms with Crippen LogP contribution in [0.1, 0.15) is 94.9 Å². The van der Waals surface area contributed by atoms with E-state index in [9.17, 15) is 45.3 Å². The van der Waals surface area contributed by atoms with E-state index in [0.717, 1.165) is 0 Å². The highest BCUT2D eigenvalue weighted by Gasteiger charge is 2.54. The fourth-order valence-electron chi connectivity index (χ4n) is 9.60. The zero-order valence-corrected chi connectivity index (χ0v) is 37.7. The van der Waals surface area contributed by atoms with Crippen molar-refractivity contribution >= 4 is 11.8 Å². The monoisotopic (exact) mass is 866 g/mol. The van der Waals surface area contributed by atoms with Gasteiger partial charge in [-0.1, -0.05) is 27.7 Å². The van der Waals surface area contributed by atoms with Crippen molar-refractivity contribution in [1.82, 2.24) is 4.90 Å². The minimum atomic E-state index is -2.05. The normalized spacial score (nSPS) is 50.6. The predicted octanol–water partition coefficient (Wildman–Crippen LogP) is 0.249. The Morgan fingerprint density at radius 1 is 0.800 bits per heavy atom. The summed E-state index contributed by atoms with van der Waals surface area (Å²) in [5, 5.41) is 78.4. The Morgan fingerprint density at radius 3 is 2.02 bits per heavy atom. The second-order valence-electron chi connectivity index (χ2n) is 18.8. The van der Waals surface area contributed by atoms with Crippen molar-refractivity contribution in [3.63, 3.8) is 0 Å². The van der Waals surface area contributed by atoms with Gasteiger partial charge in [-0.2, -0.15) is 0 Å². The zero-order chi connectivity index (χ0) is 45.4. The summed E-state index contributed by atoms with van der Waals surface area (Å²) in [6, 6.07) is -0.435. The lowest BCUT2D eigenvalue weighted by Crippen LogP contribution is -2.63. The molecule has 22 atom stereocenters. The standard InChI is InChI=1S/C42H75NO17/c1-14-27-42(10,52)34(48)21(4)29(45)19(2)16-40(8,51)36(22(5)32(23(6)37(50)57-27)58-28-17-41(9,53-13)35(49)24(7)56-28)60-39-33(25(43(11)12)15-20(3)55-39)59-38-31(47)30(46)26(44)18-54-38/h19-28,30-36,38-39,44,46-49,51-52H,14-18H2,1-13H3/t19-,20-,21+,22+,23-,24+,25+,26-,27?,28+,30+,31-,32?,33-,34-,35+,36-,38+,39+,40-,41-,42-/m1/s1. The molecular formula is C42H75NO17. The van der Waals surface area contributed by atoms with E-state index in [0.29, 0.717) is 6.42 Å². The first kappa shape index (κ1) is 51.2. The van der Waals surface area contributed by atoms with Gasteiger partial charge in [0, 0.05) is 37.3 Å². The molecule has 0 saturated carbocycles. The Morgan fingerprint density at radius 2 is 1.43 bits per heavy atom. The van der Waals surface area contributed by atoms with E-state index in [1.54, 1.807) is 41.5 Å². The molecule has 0 bridgehead atoms. The molecular weight excluding hydrogens is 790 g/mol. The molecule has 4 rings (SSSR count). The number of Topliss-reactive ketones (excluding diaryl/α,β-unsaturated/α-hetero) is 1. The number of likely N-dealkylation sites (N-methyl/N-ethyl adjacent to an activating group) is 1. The number of ether oxygens (including phenoxy) is 8. The quantitative estimate of drug-likeness (QED) is 0.153. The van der Waals surface area contributed by atoms with Crippen LogP contribution in [0.3, 0.4) is 0 Å². The molecule has 18 nitrogen and oxygen atoms in total. The first-order valence-electron chi connectivity index (χ1n) is 21.4. The molecule has 4 heterocycles. The molecule has 0 spiro atoms. The van der Waals surface area contributed by atoms with Gasteiger partial charge in [0.1, 0.15) is 48.0 Å². The van der Waals surface area contributed by atoms with Crippen molar-refractivity contribution in [2.75, 3.05) is 27.8 Å². The molecule has 4 saturated heterocycles. The number of hydrogen-bond donors (Lipinski definition) is 7. The number of carbonyl (C=O) groups excluding carboxylic acids is 2. The maximum absolute atomic E-state index is 14.3.